The number of halogens is 3. The molecule has 0 unspecified atom stereocenters. The Morgan fingerprint density at radius 2 is 0.829 bits per heavy atom. The van der Waals surface area contributed by atoms with Gasteiger partial charge in [-0.05, 0) is 95.4 Å². The summed E-state index contributed by atoms with van der Waals surface area (Å²) < 4.78 is 5.82. The minimum atomic E-state index is 1.10. The third-order valence-corrected chi connectivity index (χ3v) is 8.66. The Morgan fingerprint density at radius 3 is 1.29 bits per heavy atom. The fraction of sp³-hybridized carbons (Fsp3) is 0. The highest BCUT2D eigenvalue weighted by atomic mass is 127. The normalized spacial score (nSPS) is 10.8. The van der Waals surface area contributed by atoms with Gasteiger partial charge in [0.15, 0.2) is 0 Å². The van der Waals surface area contributed by atoms with Crippen molar-refractivity contribution in [2.24, 2.45) is 0 Å². The first kappa shape index (κ1) is 27.8. The minimum absolute atomic E-state index is 1.10. The highest BCUT2D eigenvalue weighted by molar-refractivity contribution is 14.1. The monoisotopic (exact) mass is 770 g/mol. The molecule has 0 aliphatic rings. The van der Waals surface area contributed by atoms with Gasteiger partial charge in [-0.25, -0.2) is 0 Å². The lowest BCUT2D eigenvalue weighted by molar-refractivity contribution is 1.18. The van der Waals surface area contributed by atoms with Crippen LogP contribution in [0.4, 0.5) is 0 Å². The zero-order chi connectivity index (χ0) is 28.2. The van der Waals surface area contributed by atoms with Crippen LogP contribution in [0.2, 0.25) is 0 Å². The van der Waals surface area contributed by atoms with Crippen LogP contribution in [0, 0.1) is 3.57 Å². The molecule has 41 heavy (non-hydrogen) atoms. The molecule has 0 radical (unpaired) electrons. The maximum atomic E-state index is 3.50. The van der Waals surface area contributed by atoms with Gasteiger partial charge in [0.1, 0.15) is 0 Å². The molecule has 2 nitrogen and oxygen atoms in total. The van der Waals surface area contributed by atoms with E-state index < -0.39 is 0 Å². The van der Waals surface area contributed by atoms with E-state index in [1.165, 1.54) is 52.9 Å². The van der Waals surface area contributed by atoms with Gasteiger partial charge in [-0.1, -0.05) is 105 Å². The summed E-state index contributed by atoms with van der Waals surface area (Å²) in [5.74, 6) is 0. The van der Waals surface area contributed by atoms with Crippen LogP contribution < -0.4 is 0 Å². The van der Waals surface area contributed by atoms with Crippen LogP contribution in [-0.4, -0.2) is 9.55 Å². The van der Waals surface area contributed by atoms with Gasteiger partial charge in [0, 0.05) is 50.8 Å². The summed E-state index contributed by atoms with van der Waals surface area (Å²) in [4.78, 5) is 3.38. The molecule has 2 heterocycles. The number of nitrogens with zero attached hydrogens (tertiary/aromatic N) is 1. The number of nitrogens with one attached hydrogen (secondary N) is 1. The van der Waals surface area contributed by atoms with Crippen LogP contribution in [0.5, 0.6) is 0 Å². The SMILES string of the molecule is Brc1ccc(-n2c3ccccc3c3ccccc32)cc1.Brc1ccc(I)cc1.c1ccc2c(c1)[nH]c1ccccc12. The van der Waals surface area contributed by atoms with E-state index in [1.54, 1.807) is 0 Å². The molecule has 0 bridgehead atoms. The quantitative estimate of drug-likeness (QED) is 0.161. The summed E-state index contributed by atoms with van der Waals surface area (Å²) in [6, 6.07) is 50.5. The molecule has 0 saturated heterocycles. The number of para-hydroxylation sites is 4. The van der Waals surface area contributed by atoms with Gasteiger partial charge >= 0.3 is 0 Å². The van der Waals surface area contributed by atoms with Crippen LogP contribution in [0.3, 0.4) is 0 Å². The van der Waals surface area contributed by atoms with Gasteiger partial charge in [-0.15, -0.1) is 0 Å². The summed E-state index contributed by atoms with van der Waals surface area (Å²) in [7, 11) is 0. The lowest BCUT2D eigenvalue weighted by Gasteiger charge is -2.07. The third-order valence-electron chi connectivity index (χ3n) is 6.88. The number of fused-ring (bicyclic) bond motifs is 6. The molecule has 8 rings (SSSR count). The Morgan fingerprint density at radius 1 is 0.439 bits per heavy atom. The topological polar surface area (TPSA) is 20.7 Å². The second-order valence-electron chi connectivity index (χ2n) is 9.50. The molecule has 0 aliphatic carbocycles. The fourth-order valence-corrected chi connectivity index (χ4v) is 5.91. The van der Waals surface area contributed by atoms with Gasteiger partial charge in [0.05, 0.1) is 11.0 Å². The average Bonchev–Trinajstić information content (AvgIpc) is 3.56. The van der Waals surface area contributed by atoms with Gasteiger partial charge in [0.25, 0.3) is 0 Å². The number of benzene rings is 6. The Bertz CT molecular complexity index is 1950. The largest absolute Gasteiger partial charge is 0.355 e. The van der Waals surface area contributed by atoms with E-state index in [9.17, 15) is 0 Å². The molecule has 0 amide bonds. The standard InChI is InChI=1S/C18H12BrN.C12H9N.C6H4BrI/c19-13-9-11-14(12-10-13)20-17-7-3-1-5-15(17)16-6-2-4-8-18(16)20;1-3-7-11-9(5-1)10-6-2-4-8-12(10)13-11;7-5-1-3-6(8)4-2-5/h1-12H;1-8,13H;1-4H. The predicted octanol–water partition coefficient (Wildman–Crippen LogP) is 11.9. The highest BCUT2D eigenvalue weighted by Gasteiger charge is 2.10. The van der Waals surface area contributed by atoms with Crippen molar-refractivity contribution in [3.8, 4) is 5.69 Å². The second-order valence-corrected chi connectivity index (χ2v) is 12.6. The molecule has 1 N–H and O–H groups in total. The van der Waals surface area contributed by atoms with Crippen LogP contribution in [0.25, 0.3) is 49.3 Å². The number of hydrogen-bond acceptors (Lipinski definition) is 0. The molecule has 6 aromatic carbocycles. The molecule has 0 aliphatic heterocycles. The number of hydrogen-bond donors (Lipinski definition) is 1. The van der Waals surface area contributed by atoms with E-state index in [4.69, 9.17) is 0 Å². The summed E-state index contributed by atoms with van der Waals surface area (Å²) in [6.45, 7) is 0. The van der Waals surface area contributed by atoms with E-state index in [1.807, 2.05) is 12.1 Å². The zero-order valence-corrected chi connectivity index (χ0v) is 27.3. The van der Waals surface area contributed by atoms with Gasteiger partial charge in [-0.3, -0.25) is 0 Å². The fourth-order valence-electron chi connectivity index (χ4n) is 5.02. The smallest absolute Gasteiger partial charge is 0.0541 e. The van der Waals surface area contributed by atoms with Gasteiger partial charge in [0.2, 0.25) is 0 Å². The Kier molecular flexibility index (Phi) is 8.56. The first-order valence-corrected chi connectivity index (χ1v) is 15.9. The van der Waals surface area contributed by atoms with Crippen molar-refractivity contribution in [3.63, 3.8) is 0 Å². The molecule has 0 spiro atoms. The van der Waals surface area contributed by atoms with Crippen molar-refractivity contribution in [2.75, 3.05) is 0 Å². The van der Waals surface area contributed by atoms with Crippen LogP contribution in [-0.2, 0) is 0 Å². The molecular weight excluding hydrogens is 747 g/mol. The molecule has 0 atom stereocenters. The van der Waals surface area contributed by atoms with Crippen LogP contribution >= 0.6 is 54.5 Å². The first-order chi connectivity index (χ1) is 20.1. The predicted molar refractivity (Wildman–Crippen MR) is 191 cm³/mol. The molecular formula is C36H25Br2IN2. The second kappa shape index (κ2) is 12.6. The van der Waals surface area contributed by atoms with E-state index in [-0.39, 0.29) is 0 Å². The molecule has 5 heteroatoms. The summed E-state index contributed by atoms with van der Waals surface area (Å²) >= 11 is 9.12. The van der Waals surface area contributed by atoms with Gasteiger partial charge < -0.3 is 9.55 Å². The Hall–Kier alpha value is -3.39. The van der Waals surface area contributed by atoms with Crippen molar-refractivity contribution in [3.05, 3.63) is 158 Å². The van der Waals surface area contributed by atoms with Crippen molar-refractivity contribution in [2.45, 2.75) is 0 Å². The maximum Gasteiger partial charge on any atom is 0.0541 e. The van der Waals surface area contributed by atoms with Crippen molar-refractivity contribution in [1.82, 2.24) is 9.55 Å². The van der Waals surface area contributed by atoms with Crippen LogP contribution in [0.1, 0.15) is 0 Å². The van der Waals surface area contributed by atoms with Crippen molar-refractivity contribution < 1.29 is 0 Å². The Balaban J connectivity index is 0.000000123. The minimum Gasteiger partial charge on any atom is -0.355 e. The lowest BCUT2D eigenvalue weighted by Crippen LogP contribution is -1.92. The zero-order valence-electron chi connectivity index (χ0n) is 21.9. The maximum absolute atomic E-state index is 3.50. The number of H-pyrrole nitrogens is 1. The third kappa shape index (κ3) is 6.13. The first-order valence-electron chi connectivity index (χ1n) is 13.2. The van der Waals surface area contributed by atoms with E-state index in [0.29, 0.717) is 0 Å². The number of aromatic amines is 1. The van der Waals surface area contributed by atoms with E-state index in [0.717, 1.165) is 8.95 Å². The van der Waals surface area contributed by atoms with E-state index in [2.05, 4.69) is 197 Å². The molecule has 200 valence electrons. The molecule has 8 aromatic rings. The van der Waals surface area contributed by atoms with Gasteiger partial charge in [-0.2, -0.15) is 0 Å². The molecule has 0 saturated carbocycles. The van der Waals surface area contributed by atoms with Crippen molar-refractivity contribution in [1.29, 1.82) is 0 Å². The highest BCUT2D eigenvalue weighted by Crippen LogP contribution is 2.32. The van der Waals surface area contributed by atoms with Crippen molar-refractivity contribution >= 4 is 98.1 Å². The summed E-state index contributed by atoms with van der Waals surface area (Å²) in [6.07, 6.45) is 0. The average molecular weight is 772 g/mol. The van der Waals surface area contributed by atoms with E-state index >= 15 is 0 Å². The number of aromatic nitrogens is 2. The molecule has 2 aromatic heterocycles. The number of rotatable bonds is 1. The molecule has 0 fully saturated rings. The summed E-state index contributed by atoms with van der Waals surface area (Å²) in [5, 5.41) is 5.20. The lowest BCUT2D eigenvalue weighted by atomic mass is 10.2. The Labute approximate surface area is 269 Å². The summed E-state index contributed by atoms with van der Waals surface area (Å²) in [5.41, 5.74) is 6.10. The van der Waals surface area contributed by atoms with Crippen LogP contribution in [0.15, 0.2) is 155 Å².